The van der Waals surface area contributed by atoms with Crippen LogP contribution in [0.5, 0.6) is 0 Å². The van der Waals surface area contributed by atoms with Gasteiger partial charge in [0.05, 0.1) is 12.0 Å². The SMILES string of the molecule is Cc1c(C(F)(F)F)nc2[nH]c(=O)c(C3OC(CO)C(O)C3O)cc2c1F. The molecule has 1 saturated heterocycles. The van der Waals surface area contributed by atoms with Gasteiger partial charge >= 0.3 is 6.18 Å². The fraction of sp³-hybridized carbons (Fsp3) is 0.467. The number of pyridine rings is 2. The first-order chi connectivity index (χ1) is 12.1. The molecule has 0 saturated carbocycles. The van der Waals surface area contributed by atoms with Gasteiger partial charge in [0.25, 0.3) is 5.56 Å². The molecule has 3 heterocycles. The highest BCUT2D eigenvalue weighted by Crippen LogP contribution is 2.35. The van der Waals surface area contributed by atoms with E-state index in [1.165, 1.54) is 0 Å². The Hall–Kier alpha value is -2.08. The van der Waals surface area contributed by atoms with Gasteiger partial charge in [0.2, 0.25) is 0 Å². The first kappa shape index (κ1) is 18.7. The van der Waals surface area contributed by atoms with Crippen LogP contribution in [0.1, 0.15) is 22.9 Å². The molecule has 142 valence electrons. The lowest BCUT2D eigenvalue weighted by Gasteiger charge is -2.16. The third-order valence-corrected chi connectivity index (χ3v) is 4.31. The second-order valence-electron chi connectivity index (χ2n) is 5.97. The molecule has 1 aliphatic rings. The maximum atomic E-state index is 14.4. The van der Waals surface area contributed by atoms with Crippen molar-refractivity contribution in [2.75, 3.05) is 6.61 Å². The molecule has 2 aromatic rings. The number of nitrogens with zero attached hydrogens (tertiary/aromatic N) is 1. The highest BCUT2D eigenvalue weighted by molar-refractivity contribution is 5.77. The molecular formula is C15H14F4N2O5. The molecule has 2 aromatic heterocycles. The van der Waals surface area contributed by atoms with E-state index in [0.29, 0.717) is 0 Å². The largest absolute Gasteiger partial charge is 0.433 e. The highest BCUT2D eigenvalue weighted by atomic mass is 19.4. The number of nitrogens with one attached hydrogen (secondary N) is 1. The number of aromatic amines is 1. The second-order valence-corrected chi connectivity index (χ2v) is 5.97. The van der Waals surface area contributed by atoms with Crippen molar-refractivity contribution in [3.63, 3.8) is 0 Å². The lowest BCUT2D eigenvalue weighted by Crippen LogP contribution is -2.33. The monoisotopic (exact) mass is 378 g/mol. The van der Waals surface area contributed by atoms with E-state index in [-0.39, 0.29) is 5.56 Å². The van der Waals surface area contributed by atoms with Crippen LogP contribution >= 0.6 is 0 Å². The summed E-state index contributed by atoms with van der Waals surface area (Å²) in [6, 6.07) is 0.921. The lowest BCUT2D eigenvalue weighted by atomic mass is 10.0. The van der Waals surface area contributed by atoms with Gasteiger partial charge in [-0.2, -0.15) is 13.2 Å². The average Bonchev–Trinajstić information content (AvgIpc) is 2.84. The number of halogens is 4. The molecule has 0 aromatic carbocycles. The zero-order valence-corrected chi connectivity index (χ0v) is 13.2. The number of aromatic nitrogens is 2. The van der Waals surface area contributed by atoms with Crippen LogP contribution in [0.4, 0.5) is 17.6 Å². The first-order valence-electron chi connectivity index (χ1n) is 7.49. The van der Waals surface area contributed by atoms with Crippen LogP contribution in [-0.2, 0) is 10.9 Å². The van der Waals surface area contributed by atoms with E-state index >= 15 is 0 Å². The molecule has 0 bridgehead atoms. The third-order valence-electron chi connectivity index (χ3n) is 4.31. The van der Waals surface area contributed by atoms with Crippen molar-refractivity contribution in [1.29, 1.82) is 0 Å². The topological polar surface area (TPSA) is 116 Å². The minimum absolute atomic E-state index is 0.306. The van der Waals surface area contributed by atoms with Crippen molar-refractivity contribution in [3.05, 3.63) is 39.1 Å². The van der Waals surface area contributed by atoms with Crippen LogP contribution in [0.25, 0.3) is 11.0 Å². The number of alkyl halides is 3. The zero-order chi connectivity index (χ0) is 19.4. The number of ether oxygens (including phenoxy) is 1. The van der Waals surface area contributed by atoms with E-state index < -0.39 is 70.9 Å². The van der Waals surface area contributed by atoms with Crippen molar-refractivity contribution in [3.8, 4) is 0 Å². The summed E-state index contributed by atoms with van der Waals surface area (Å²) < 4.78 is 58.5. The molecule has 1 fully saturated rings. The fourth-order valence-electron chi connectivity index (χ4n) is 2.94. The molecule has 11 heteroatoms. The Labute approximate surface area is 142 Å². The molecule has 26 heavy (non-hydrogen) atoms. The molecule has 4 N–H and O–H groups in total. The molecular weight excluding hydrogens is 364 g/mol. The molecule has 1 aliphatic heterocycles. The summed E-state index contributed by atoms with van der Waals surface area (Å²) in [6.45, 7) is 0.270. The Balaban J connectivity index is 2.18. The number of hydrogen-bond donors (Lipinski definition) is 4. The van der Waals surface area contributed by atoms with Crippen molar-refractivity contribution >= 4 is 11.0 Å². The average molecular weight is 378 g/mol. The standard InChI is InChI=1S/C15H14F4N2O5/c1-4-8(16)5-2-6(11-10(24)9(23)7(3-22)26-11)14(25)21-13(5)20-12(4)15(17,18)19/h2,7,9-11,22-24H,3H2,1H3,(H,20,21,25). The molecule has 3 rings (SSSR count). The van der Waals surface area contributed by atoms with Crippen LogP contribution in [-0.4, -0.2) is 50.2 Å². The Morgan fingerprint density at radius 2 is 1.96 bits per heavy atom. The predicted molar refractivity (Wildman–Crippen MR) is 78.8 cm³/mol. The second kappa shape index (κ2) is 6.27. The van der Waals surface area contributed by atoms with Crippen molar-refractivity contribution in [2.24, 2.45) is 0 Å². The van der Waals surface area contributed by atoms with Gasteiger partial charge in [-0.1, -0.05) is 0 Å². The van der Waals surface area contributed by atoms with Crippen LogP contribution in [0, 0.1) is 12.7 Å². The quantitative estimate of drug-likeness (QED) is 0.567. The third kappa shape index (κ3) is 2.86. The van der Waals surface area contributed by atoms with Crippen LogP contribution in [0.3, 0.4) is 0 Å². The number of hydrogen-bond acceptors (Lipinski definition) is 6. The summed E-state index contributed by atoms with van der Waals surface area (Å²) in [6.07, 6.45) is -10.5. The number of aliphatic hydroxyl groups is 3. The maximum absolute atomic E-state index is 14.4. The van der Waals surface area contributed by atoms with E-state index in [9.17, 15) is 32.6 Å². The van der Waals surface area contributed by atoms with E-state index in [1.54, 1.807) is 0 Å². The van der Waals surface area contributed by atoms with Crippen molar-refractivity contribution < 1.29 is 37.6 Å². The van der Waals surface area contributed by atoms with Crippen LogP contribution in [0.2, 0.25) is 0 Å². The Kier molecular flexibility index (Phi) is 4.51. The fourth-order valence-corrected chi connectivity index (χ4v) is 2.94. The molecule has 4 unspecified atom stereocenters. The summed E-state index contributed by atoms with van der Waals surface area (Å²) in [5.74, 6) is -1.23. The number of aliphatic hydroxyl groups excluding tert-OH is 3. The van der Waals surface area contributed by atoms with E-state index in [4.69, 9.17) is 9.84 Å². The van der Waals surface area contributed by atoms with Crippen LogP contribution < -0.4 is 5.56 Å². The summed E-state index contributed by atoms with van der Waals surface area (Å²) >= 11 is 0. The van der Waals surface area contributed by atoms with Gasteiger partial charge in [-0.05, 0) is 13.0 Å². The summed E-state index contributed by atoms with van der Waals surface area (Å²) in [4.78, 5) is 17.5. The summed E-state index contributed by atoms with van der Waals surface area (Å²) in [7, 11) is 0. The highest BCUT2D eigenvalue weighted by Gasteiger charge is 2.44. The van der Waals surface area contributed by atoms with Gasteiger partial charge in [0.15, 0.2) is 5.69 Å². The molecule has 0 aliphatic carbocycles. The number of H-pyrrole nitrogens is 1. The van der Waals surface area contributed by atoms with Gasteiger partial charge in [-0.3, -0.25) is 4.79 Å². The Bertz CT molecular complexity index is 914. The summed E-state index contributed by atoms with van der Waals surface area (Å²) in [5.41, 5.74) is -4.08. The molecule has 0 spiro atoms. The van der Waals surface area contributed by atoms with Crippen molar-refractivity contribution in [2.45, 2.75) is 37.5 Å². The van der Waals surface area contributed by atoms with Gasteiger partial charge in [-0.15, -0.1) is 0 Å². The van der Waals surface area contributed by atoms with Crippen LogP contribution in [0.15, 0.2) is 10.9 Å². The van der Waals surface area contributed by atoms with Gasteiger partial charge in [0.1, 0.15) is 35.9 Å². The smallest absolute Gasteiger partial charge is 0.394 e. The van der Waals surface area contributed by atoms with E-state index in [1.807, 2.05) is 4.98 Å². The molecule has 7 nitrogen and oxygen atoms in total. The zero-order valence-electron chi connectivity index (χ0n) is 13.2. The normalized spacial score (nSPS) is 26.6. The Morgan fingerprint density at radius 3 is 2.50 bits per heavy atom. The van der Waals surface area contributed by atoms with E-state index in [2.05, 4.69) is 4.98 Å². The minimum atomic E-state index is -4.90. The van der Waals surface area contributed by atoms with Gasteiger partial charge in [0, 0.05) is 11.1 Å². The molecule has 0 radical (unpaired) electrons. The predicted octanol–water partition coefficient (Wildman–Crippen LogP) is 0.543. The number of fused-ring (bicyclic) bond motifs is 1. The van der Waals surface area contributed by atoms with E-state index in [0.717, 1.165) is 13.0 Å². The van der Waals surface area contributed by atoms with Crippen molar-refractivity contribution in [1.82, 2.24) is 9.97 Å². The molecule has 0 amide bonds. The van der Waals surface area contributed by atoms with Gasteiger partial charge in [-0.25, -0.2) is 9.37 Å². The maximum Gasteiger partial charge on any atom is 0.433 e. The minimum Gasteiger partial charge on any atom is -0.394 e. The van der Waals surface area contributed by atoms with Gasteiger partial charge < -0.3 is 25.0 Å². The molecule has 4 atom stereocenters. The Morgan fingerprint density at radius 1 is 1.31 bits per heavy atom. The summed E-state index contributed by atoms with van der Waals surface area (Å²) in [5, 5.41) is 28.4. The first-order valence-corrected chi connectivity index (χ1v) is 7.49. The lowest BCUT2D eigenvalue weighted by molar-refractivity contribution is -0.141. The number of rotatable bonds is 2.